The summed E-state index contributed by atoms with van der Waals surface area (Å²) in [5, 5.41) is 8.77. The van der Waals surface area contributed by atoms with Crippen LogP contribution in [0.2, 0.25) is 0 Å². The van der Waals surface area contributed by atoms with Crippen molar-refractivity contribution in [3.8, 4) is 0 Å². The van der Waals surface area contributed by atoms with Gasteiger partial charge in [-0.3, -0.25) is 4.90 Å². The first-order chi connectivity index (χ1) is 8.79. The van der Waals surface area contributed by atoms with Gasteiger partial charge in [0.2, 0.25) is 5.95 Å². The number of aliphatic hydroxyl groups is 1. The van der Waals surface area contributed by atoms with Gasteiger partial charge in [0, 0.05) is 44.7 Å². The molecule has 2 rings (SSSR count). The Morgan fingerprint density at radius 3 is 2.67 bits per heavy atom. The Kier molecular flexibility index (Phi) is 4.90. The highest BCUT2D eigenvalue weighted by Gasteiger charge is 2.18. The lowest BCUT2D eigenvalue weighted by molar-refractivity contribution is 0.232. The lowest BCUT2D eigenvalue weighted by Gasteiger charge is -2.34. The molecule has 0 bridgehead atoms. The molecule has 0 saturated carbocycles. The molecule has 0 amide bonds. The van der Waals surface area contributed by atoms with Gasteiger partial charge in [-0.1, -0.05) is 0 Å². The highest BCUT2D eigenvalue weighted by molar-refractivity contribution is 5.30. The zero-order valence-corrected chi connectivity index (χ0v) is 11.0. The molecule has 0 aromatic carbocycles. The highest BCUT2D eigenvalue weighted by atomic mass is 16.2. The van der Waals surface area contributed by atoms with E-state index < -0.39 is 0 Å². The van der Waals surface area contributed by atoms with E-state index in [1.165, 1.54) is 0 Å². The Hall–Kier alpha value is -1.20. The molecule has 5 heteroatoms. The van der Waals surface area contributed by atoms with E-state index in [1.54, 1.807) is 0 Å². The van der Waals surface area contributed by atoms with Crippen LogP contribution in [0.4, 0.5) is 5.95 Å². The minimum atomic E-state index is 0.303. The first-order valence-corrected chi connectivity index (χ1v) is 6.67. The van der Waals surface area contributed by atoms with Gasteiger partial charge in [0.15, 0.2) is 0 Å². The summed E-state index contributed by atoms with van der Waals surface area (Å²) in [5.41, 5.74) is 1.02. The molecule has 1 fully saturated rings. The van der Waals surface area contributed by atoms with Crippen LogP contribution >= 0.6 is 0 Å². The van der Waals surface area contributed by atoms with Crippen molar-refractivity contribution in [3.63, 3.8) is 0 Å². The predicted octanol–water partition coefficient (Wildman–Crippen LogP) is 0.680. The van der Waals surface area contributed by atoms with Crippen molar-refractivity contribution >= 4 is 5.95 Å². The van der Waals surface area contributed by atoms with Gasteiger partial charge in [-0.2, -0.15) is 0 Å². The summed E-state index contributed by atoms with van der Waals surface area (Å²) in [6.45, 7) is 7.48. The smallest absolute Gasteiger partial charge is 0.225 e. The van der Waals surface area contributed by atoms with Gasteiger partial charge >= 0.3 is 0 Å². The fourth-order valence-electron chi connectivity index (χ4n) is 2.21. The zero-order valence-electron chi connectivity index (χ0n) is 11.0. The molecule has 1 aliphatic heterocycles. The molecule has 1 N–H and O–H groups in total. The number of piperazine rings is 1. The Morgan fingerprint density at radius 2 is 2.00 bits per heavy atom. The van der Waals surface area contributed by atoms with Crippen molar-refractivity contribution in [1.82, 2.24) is 14.9 Å². The molecule has 2 heterocycles. The second-order valence-electron chi connectivity index (χ2n) is 4.76. The molecule has 100 valence electrons. The lowest BCUT2D eigenvalue weighted by Crippen LogP contribution is -2.47. The van der Waals surface area contributed by atoms with Gasteiger partial charge in [0.1, 0.15) is 0 Å². The summed E-state index contributed by atoms with van der Waals surface area (Å²) in [5.74, 6) is 0.852. The van der Waals surface area contributed by atoms with Crippen molar-refractivity contribution in [3.05, 3.63) is 18.0 Å². The van der Waals surface area contributed by atoms with E-state index in [4.69, 9.17) is 5.11 Å². The molecule has 18 heavy (non-hydrogen) atoms. The molecule has 0 atom stereocenters. The normalized spacial score (nSPS) is 17.1. The van der Waals surface area contributed by atoms with Crippen LogP contribution in [0, 0.1) is 6.92 Å². The molecule has 1 saturated heterocycles. The maximum Gasteiger partial charge on any atom is 0.225 e. The van der Waals surface area contributed by atoms with Gasteiger partial charge in [-0.05, 0) is 32.4 Å². The minimum Gasteiger partial charge on any atom is -0.396 e. The van der Waals surface area contributed by atoms with E-state index in [9.17, 15) is 0 Å². The lowest BCUT2D eigenvalue weighted by atomic mass is 10.2. The number of aryl methyl sites for hydroxylation is 1. The second-order valence-corrected chi connectivity index (χ2v) is 4.76. The second kappa shape index (κ2) is 6.66. The Labute approximate surface area is 108 Å². The summed E-state index contributed by atoms with van der Waals surface area (Å²) >= 11 is 0. The number of aromatic nitrogens is 2. The van der Waals surface area contributed by atoms with Crippen molar-refractivity contribution in [2.45, 2.75) is 19.8 Å². The molecular weight excluding hydrogens is 228 g/mol. The van der Waals surface area contributed by atoms with Crippen LogP contribution in [0.5, 0.6) is 0 Å². The van der Waals surface area contributed by atoms with Gasteiger partial charge in [-0.25, -0.2) is 9.97 Å². The van der Waals surface area contributed by atoms with Crippen LogP contribution in [0.15, 0.2) is 12.3 Å². The third-order valence-corrected chi connectivity index (χ3v) is 3.32. The summed E-state index contributed by atoms with van der Waals surface area (Å²) in [4.78, 5) is 13.5. The SMILES string of the molecule is Cc1ccnc(N2CCN(CCCCO)CC2)n1. The number of nitrogens with zero attached hydrogens (tertiary/aromatic N) is 4. The van der Waals surface area contributed by atoms with Gasteiger partial charge in [0.05, 0.1) is 0 Å². The molecule has 1 aromatic rings. The molecule has 1 aliphatic rings. The number of hydrogen-bond acceptors (Lipinski definition) is 5. The minimum absolute atomic E-state index is 0.303. The molecular formula is C13H22N4O. The monoisotopic (exact) mass is 250 g/mol. The van der Waals surface area contributed by atoms with Crippen LogP contribution in [-0.2, 0) is 0 Å². The summed E-state index contributed by atoms with van der Waals surface area (Å²) in [7, 11) is 0. The van der Waals surface area contributed by atoms with Crippen molar-refractivity contribution < 1.29 is 5.11 Å². The first-order valence-electron chi connectivity index (χ1n) is 6.67. The average Bonchev–Trinajstić information content (AvgIpc) is 2.40. The number of rotatable bonds is 5. The van der Waals surface area contributed by atoms with Crippen LogP contribution in [-0.4, -0.2) is 59.3 Å². The summed E-state index contributed by atoms with van der Waals surface area (Å²) in [6.07, 6.45) is 3.81. The van der Waals surface area contributed by atoms with E-state index in [0.717, 1.165) is 57.2 Å². The molecule has 0 aliphatic carbocycles. The fourth-order valence-corrected chi connectivity index (χ4v) is 2.21. The number of anilines is 1. The topological polar surface area (TPSA) is 52.5 Å². The number of aliphatic hydroxyl groups excluding tert-OH is 1. The predicted molar refractivity (Wildman–Crippen MR) is 71.7 cm³/mol. The standard InChI is InChI=1S/C13H22N4O/c1-12-4-5-14-13(15-12)17-9-7-16(8-10-17)6-2-3-11-18/h4-5,18H,2-3,6-11H2,1H3. The Balaban J connectivity index is 1.79. The maximum atomic E-state index is 8.77. The van der Waals surface area contributed by atoms with E-state index in [-0.39, 0.29) is 0 Å². The van der Waals surface area contributed by atoms with E-state index in [1.807, 2.05) is 19.2 Å². The van der Waals surface area contributed by atoms with Crippen molar-refractivity contribution in [1.29, 1.82) is 0 Å². The van der Waals surface area contributed by atoms with Gasteiger partial charge in [-0.15, -0.1) is 0 Å². The van der Waals surface area contributed by atoms with Crippen LogP contribution in [0.3, 0.4) is 0 Å². The number of unbranched alkanes of at least 4 members (excludes halogenated alkanes) is 1. The third kappa shape index (κ3) is 3.65. The quantitative estimate of drug-likeness (QED) is 0.779. The average molecular weight is 250 g/mol. The third-order valence-electron chi connectivity index (χ3n) is 3.32. The Bertz CT molecular complexity index is 364. The summed E-state index contributed by atoms with van der Waals surface area (Å²) in [6, 6.07) is 1.93. The largest absolute Gasteiger partial charge is 0.396 e. The first kappa shape index (κ1) is 13.2. The molecule has 0 spiro atoms. The highest BCUT2D eigenvalue weighted by Crippen LogP contribution is 2.11. The zero-order chi connectivity index (χ0) is 12.8. The maximum absolute atomic E-state index is 8.77. The Morgan fingerprint density at radius 1 is 1.22 bits per heavy atom. The van der Waals surface area contributed by atoms with Crippen LogP contribution < -0.4 is 4.90 Å². The van der Waals surface area contributed by atoms with Crippen molar-refractivity contribution in [2.24, 2.45) is 0 Å². The molecule has 1 aromatic heterocycles. The molecule has 5 nitrogen and oxygen atoms in total. The van der Waals surface area contributed by atoms with Crippen LogP contribution in [0.25, 0.3) is 0 Å². The number of hydrogen-bond donors (Lipinski definition) is 1. The van der Waals surface area contributed by atoms with E-state index in [0.29, 0.717) is 6.61 Å². The fraction of sp³-hybridized carbons (Fsp3) is 0.692. The van der Waals surface area contributed by atoms with Gasteiger partial charge in [0.25, 0.3) is 0 Å². The van der Waals surface area contributed by atoms with Gasteiger partial charge < -0.3 is 10.0 Å². The van der Waals surface area contributed by atoms with E-state index in [2.05, 4.69) is 19.8 Å². The van der Waals surface area contributed by atoms with Crippen LogP contribution in [0.1, 0.15) is 18.5 Å². The van der Waals surface area contributed by atoms with E-state index >= 15 is 0 Å². The van der Waals surface area contributed by atoms with Crippen molar-refractivity contribution in [2.75, 3.05) is 44.2 Å². The molecule has 0 radical (unpaired) electrons. The molecule has 0 unspecified atom stereocenters. The summed E-state index contributed by atoms with van der Waals surface area (Å²) < 4.78 is 0.